The van der Waals surface area contributed by atoms with Crippen molar-refractivity contribution in [3.8, 4) is 5.75 Å². The van der Waals surface area contributed by atoms with Crippen molar-refractivity contribution in [2.75, 3.05) is 26.4 Å². The molecule has 3 heteroatoms. The second-order valence-electron chi connectivity index (χ2n) is 4.41. The van der Waals surface area contributed by atoms with E-state index in [-0.39, 0.29) is 0 Å². The van der Waals surface area contributed by atoms with E-state index in [2.05, 4.69) is 12.2 Å². The zero-order valence-electron chi connectivity index (χ0n) is 10.4. The highest BCUT2D eigenvalue weighted by Gasteiger charge is 2.25. The molecule has 3 nitrogen and oxygen atoms in total. The van der Waals surface area contributed by atoms with Crippen LogP contribution in [0.2, 0.25) is 0 Å². The standard InChI is InChI=1S/C14H21NO2/c1-2-15-14(12-8-9-16-10-12)11-17-13-6-4-3-5-7-13/h3-7,12,14-15H,2,8-11H2,1H3. The maximum absolute atomic E-state index is 5.82. The molecular weight excluding hydrogens is 214 g/mol. The summed E-state index contributed by atoms with van der Waals surface area (Å²) in [6, 6.07) is 10.4. The Balaban J connectivity index is 1.84. The molecule has 0 aromatic heterocycles. The minimum atomic E-state index is 0.391. The van der Waals surface area contributed by atoms with Gasteiger partial charge in [0.1, 0.15) is 12.4 Å². The predicted octanol–water partition coefficient (Wildman–Crippen LogP) is 2.08. The zero-order chi connectivity index (χ0) is 11.9. The van der Waals surface area contributed by atoms with Gasteiger partial charge in [-0.15, -0.1) is 0 Å². The summed E-state index contributed by atoms with van der Waals surface area (Å²) in [6.45, 7) is 5.56. The van der Waals surface area contributed by atoms with Crippen LogP contribution in [0.4, 0.5) is 0 Å². The van der Waals surface area contributed by atoms with Gasteiger partial charge in [0.25, 0.3) is 0 Å². The number of para-hydroxylation sites is 1. The lowest BCUT2D eigenvalue weighted by molar-refractivity contribution is 0.161. The predicted molar refractivity (Wildman–Crippen MR) is 68.3 cm³/mol. The fourth-order valence-corrected chi connectivity index (χ4v) is 2.20. The molecule has 1 N–H and O–H groups in total. The summed E-state index contributed by atoms with van der Waals surface area (Å²) in [5, 5.41) is 3.49. The molecule has 1 aliphatic heterocycles. The Morgan fingerprint density at radius 2 is 2.24 bits per heavy atom. The Labute approximate surface area is 103 Å². The normalized spacial score (nSPS) is 21.4. The summed E-state index contributed by atoms with van der Waals surface area (Å²) < 4.78 is 11.3. The number of rotatable bonds is 6. The van der Waals surface area contributed by atoms with Crippen molar-refractivity contribution in [3.05, 3.63) is 30.3 Å². The fraction of sp³-hybridized carbons (Fsp3) is 0.571. The van der Waals surface area contributed by atoms with Crippen LogP contribution in [0, 0.1) is 5.92 Å². The van der Waals surface area contributed by atoms with E-state index in [1.54, 1.807) is 0 Å². The van der Waals surface area contributed by atoms with Crippen LogP contribution in [0.15, 0.2) is 30.3 Å². The highest BCUT2D eigenvalue weighted by atomic mass is 16.5. The Hall–Kier alpha value is -1.06. The van der Waals surface area contributed by atoms with E-state index in [0.717, 1.165) is 31.9 Å². The minimum Gasteiger partial charge on any atom is -0.492 e. The lowest BCUT2D eigenvalue weighted by Gasteiger charge is -2.23. The highest BCUT2D eigenvalue weighted by Crippen LogP contribution is 2.18. The van der Waals surface area contributed by atoms with Gasteiger partial charge in [0.2, 0.25) is 0 Å². The van der Waals surface area contributed by atoms with Crippen LogP contribution in [0.25, 0.3) is 0 Å². The molecule has 94 valence electrons. The van der Waals surface area contributed by atoms with Crippen molar-refractivity contribution in [1.82, 2.24) is 5.32 Å². The second-order valence-corrected chi connectivity index (χ2v) is 4.41. The maximum atomic E-state index is 5.82. The third-order valence-corrected chi connectivity index (χ3v) is 3.17. The smallest absolute Gasteiger partial charge is 0.119 e. The van der Waals surface area contributed by atoms with Crippen LogP contribution in [0.1, 0.15) is 13.3 Å². The summed E-state index contributed by atoms with van der Waals surface area (Å²) in [4.78, 5) is 0. The van der Waals surface area contributed by atoms with E-state index >= 15 is 0 Å². The Morgan fingerprint density at radius 1 is 1.41 bits per heavy atom. The quantitative estimate of drug-likeness (QED) is 0.819. The first-order valence-corrected chi connectivity index (χ1v) is 6.39. The SMILES string of the molecule is CCNC(COc1ccccc1)C1CCOC1. The van der Waals surface area contributed by atoms with Crippen LogP contribution in [-0.2, 0) is 4.74 Å². The molecule has 1 aromatic rings. The molecule has 0 bridgehead atoms. The van der Waals surface area contributed by atoms with Crippen molar-refractivity contribution < 1.29 is 9.47 Å². The topological polar surface area (TPSA) is 30.5 Å². The molecule has 1 heterocycles. The van der Waals surface area contributed by atoms with Crippen molar-refractivity contribution in [3.63, 3.8) is 0 Å². The lowest BCUT2D eigenvalue weighted by atomic mass is 10.00. The lowest BCUT2D eigenvalue weighted by Crippen LogP contribution is -2.41. The van der Waals surface area contributed by atoms with E-state index in [9.17, 15) is 0 Å². The van der Waals surface area contributed by atoms with Crippen molar-refractivity contribution in [1.29, 1.82) is 0 Å². The van der Waals surface area contributed by atoms with Crippen LogP contribution >= 0.6 is 0 Å². The molecule has 0 saturated carbocycles. The van der Waals surface area contributed by atoms with Crippen molar-refractivity contribution >= 4 is 0 Å². The molecular formula is C14H21NO2. The van der Waals surface area contributed by atoms with Gasteiger partial charge >= 0.3 is 0 Å². The Bertz CT molecular complexity index is 309. The Kier molecular flexibility index (Phi) is 4.83. The van der Waals surface area contributed by atoms with Crippen molar-refractivity contribution in [2.24, 2.45) is 5.92 Å². The number of benzene rings is 1. The van der Waals surface area contributed by atoms with Gasteiger partial charge in [-0.2, -0.15) is 0 Å². The number of hydrogen-bond donors (Lipinski definition) is 1. The van der Waals surface area contributed by atoms with Gasteiger partial charge < -0.3 is 14.8 Å². The molecule has 1 fully saturated rings. The summed E-state index contributed by atoms with van der Waals surface area (Å²) in [6.07, 6.45) is 1.13. The molecule has 2 atom stereocenters. The van der Waals surface area contributed by atoms with E-state index in [0.29, 0.717) is 18.6 Å². The summed E-state index contributed by atoms with van der Waals surface area (Å²) in [5.41, 5.74) is 0. The summed E-state index contributed by atoms with van der Waals surface area (Å²) in [5.74, 6) is 1.52. The first-order chi connectivity index (χ1) is 8.40. The molecule has 1 aliphatic rings. The molecule has 2 rings (SSSR count). The van der Waals surface area contributed by atoms with Crippen LogP contribution in [-0.4, -0.2) is 32.4 Å². The maximum Gasteiger partial charge on any atom is 0.119 e. The van der Waals surface area contributed by atoms with Gasteiger partial charge in [-0.05, 0) is 25.1 Å². The fourth-order valence-electron chi connectivity index (χ4n) is 2.20. The van der Waals surface area contributed by atoms with Gasteiger partial charge in [0, 0.05) is 18.6 Å². The average molecular weight is 235 g/mol. The molecule has 0 radical (unpaired) electrons. The molecule has 1 saturated heterocycles. The highest BCUT2D eigenvalue weighted by molar-refractivity contribution is 5.20. The van der Waals surface area contributed by atoms with Gasteiger partial charge in [-0.3, -0.25) is 0 Å². The van der Waals surface area contributed by atoms with E-state index in [1.807, 2.05) is 30.3 Å². The van der Waals surface area contributed by atoms with E-state index in [4.69, 9.17) is 9.47 Å². The van der Waals surface area contributed by atoms with E-state index in [1.165, 1.54) is 0 Å². The monoisotopic (exact) mass is 235 g/mol. The summed E-state index contributed by atoms with van der Waals surface area (Å²) in [7, 11) is 0. The minimum absolute atomic E-state index is 0.391. The largest absolute Gasteiger partial charge is 0.492 e. The summed E-state index contributed by atoms with van der Waals surface area (Å²) >= 11 is 0. The van der Waals surface area contributed by atoms with Crippen LogP contribution in [0.3, 0.4) is 0 Å². The van der Waals surface area contributed by atoms with Crippen LogP contribution < -0.4 is 10.1 Å². The van der Waals surface area contributed by atoms with Gasteiger partial charge in [-0.25, -0.2) is 0 Å². The number of nitrogens with one attached hydrogen (secondary N) is 1. The number of hydrogen-bond acceptors (Lipinski definition) is 3. The third kappa shape index (κ3) is 3.72. The molecule has 17 heavy (non-hydrogen) atoms. The van der Waals surface area contributed by atoms with Gasteiger partial charge in [0.15, 0.2) is 0 Å². The average Bonchev–Trinajstić information content (AvgIpc) is 2.89. The zero-order valence-corrected chi connectivity index (χ0v) is 10.4. The number of ether oxygens (including phenoxy) is 2. The molecule has 0 spiro atoms. The molecule has 1 aromatic carbocycles. The van der Waals surface area contributed by atoms with Gasteiger partial charge in [0.05, 0.1) is 6.61 Å². The second kappa shape index (κ2) is 6.62. The number of likely N-dealkylation sites (N-methyl/N-ethyl adjacent to an activating group) is 1. The molecule has 0 aliphatic carbocycles. The third-order valence-electron chi connectivity index (χ3n) is 3.17. The Morgan fingerprint density at radius 3 is 2.88 bits per heavy atom. The van der Waals surface area contributed by atoms with Crippen LogP contribution in [0.5, 0.6) is 5.75 Å². The first-order valence-electron chi connectivity index (χ1n) is 6.39. The molecule has 0 amide bonds. The van der Waals surface area contributed by atoms with Crippen molar-refractivity contribution in [2.45, 2.75) is 19.4 Å². The van der Waals surface area contributed by atoms with E-state index < -0.39 is 0 Å². The first kappa shape index (κ1) is 12.4. The van der Waals surface area contributed by atoms with Gasteiger partial charge in [-0.1, -0.05) is 25.1 Å². The molecule has 2 unspecified atom stereocenters.